The Morgan fingerprint density at radius 2 is 2.06 bits per heavy atom. The zero-order valence-electron chi connectivity index (χ0n) is 9.56. The summed E-state index contributed by atoms with van der Waals surface area (Å²) in [6, 6.07) is 9.71. The van der Waals surface area contributed by atoms with Gasteiger partial charge in [0, 0.05) is 0 Å². The van der Waals surface area contributed by atoms with Gasteiger partial charge in [-0.3, -0.25) is 9.63 Å². The molecule has 1 aromatic heterocycles. The van der Waals surface area contributed by atoms with Gasteiger partial charge in [0.1, 0.15) is 5.69 Å². The highest BCUT2D eigenvalue weighted by atomic mass is 32.1. The lowest BCUT2D eigenvalue weighted by Gasteiger charge is -2.02. The number of hydroxylamine groups is 1. The van der Waals surface area contributed by atoms with Gasteiger partial charge >= 0.3 is 0 Å². The van der Waals surface area contributed by atoms with Crippen LogP contribution in [0.3, 0.4) is 0 Å². The Morgan fingerprint density at radius 1 is 1.35 bits per heavy atom. The summed E-state index contributed by atoms with van der Waals surface area (Å²) in [6.07, 6.45) is 0. The summed E-state index contributed by atoms with van der Waals surface area (Å²) < 4.78 is 0. The number of aryl methyl sites for hydroxylation is 1. The standard InChI is InChI=1S/C12H12N2O2S/c1-8-13-10(12(15)14-16-2)11(17-8)9-6-4-3-5-7-9/h3-7H,1-2H3,(H,14,15). The Labute approximate surface area is 103 Å². The summed E-state index contributed by atoms with van der Waals surface area (Å²) in [5.74, 6) is -0.323. The molecule has 17 heavy (non-hydrogen) atoms. The smallest absolute Gasteiger partial charge is 0.277 e. The number of amides is 1. The van der Waals surface area contributed by atoms with Gasteiger partial charge in [-0.05, 0) is 12.5 Å². The Kier molecular flexibility index (Phi) is 3.51. The van der Waals surface area contributed by atoms with Gasteiger partial charge in [-0.25, -0.2) is 10.5 Å². The van der Waals surface area contributed by atoms with E-state index < -0.39 is 0 Å². The first-order chi connectivity index (χ1) is 8.22. The second-order valence-electron chi connectivity index (χ2n) is 3.41. The van der Waals surface area contributed by atoms with Crippen LogP contribution in [0, 0.1) is 6.92 Å². The van der Waals surface area contributed by atoms with Gasteiger partial charge in [0.2, 0.25) is 0 Å². The van der Waals surface area contributed by atoms with Crippen molar-refractivity contribution < 1.29 is 9.63 Å². The van der Waals surface area contributed by atoms with Gasteiger partial charge in [0.05, 0.1) is 17.0 Å². The number of carbonyl (C=O) groups excluding carboxylic acids is 1. The maximum absolute atomic E-state index is 11.8. The molecule has 1 heterocycles. The van der Waals surface area contributed by atoms with Crippen molar-refractivity contribution in [3.63, 3.8) is 0 Å². The average molecular weight is 248 g/mol. The molecule has 5 heteroatoms. The van der Waals surface area contributed by atoms with Gasteiger partial charge in [0.15, 0.2) is 0 Å². The third-order valence-electron chi connectivity index (χ3n) is 2.18. The van der Waals surface area contributed by atoms with Gasteiger partial charge in [-0.1, -0.05) is 30.3 Å². The molecule has 0 aliphatic rings. The zero-order chi connectivity index (χ0) is 12.3. The highest BCUT2D eigenvalue weighted by Gasteiger charge is 2.17. The molecule has 4 nitrogen and oxygen atoms in total. The molecule has 0 saturated heterocycles. The zero-order valence-corrected chi connectivity index (χ0v) is 10.4. The molecule has 0 fully saturated rings. The van der Waals surface area contributed by atoms with E-state index in [1.54, 1.807) is 0 Å². The van der Waals surface area contributed by atoms with Crippen LogP contribution >= 0.6 is 11.3 Å². The first-order valence-electron chi connectivity index (χ1n) is 5.08. The van der Waals surface area contributed by atoms with Crippen molar-refractivity contribution in [2.24, 2.45) is 0 Å². The molecule has 2 aromatic rings. The topological polar surface area (TPSA) is 51.2 Å². The molecule has 2 rings (SSSR count). The van der Waals surface area contributed by atoms with Gasteiger partial charge < -0.3 is 0 Å². The Balaban J connectivity index is 2.44. The maximum atomic E-state index is 11.8. The summed E-state index contributed by atoms with van der Waals surface area (Å²) >= 11 is 1.49. The molecular formula is C12H12N2O2S. The predicted molar refractivity (Wildman–Crippen MR) is 66.8 cm³/mol. The van der Waals surface area contributed by atoms with Crippen LogP contribution in [0.1, 0.15) is 15.5 Å². The molecule has 0 unspecified atom stereocenters. The lowest BCUT2D eigenvalue weighted by Crippen LogP contribution is -2.22. The first-order valence-corrected chi connectivity index (χ1v) is 5.90. The number of hydrogen-bond donors (Lipinski definition) is 1. The molecule has 88 valence electrons. The quantitative estimate of drug-likeness (QED) is 0.849. The highest BCUT2D eigenvalue weighted by Crippen LogP contribution is 2.29. The third-order valence-corrected chi connectivity index (χ3v) is 3.20. The summed E-state index contributed by atoms with van der Waals surface area (Å²) in [6.45, 7) is 1.88. The summed E-state index contributed by atoms with van der Waals surface area (Å²) in [5, 5.41) is 0.852. The minimum atomic E-state index is -0.323. The van der Waals surface area contributed by atoms with E-state index in [0.29, 0.717) is 5.69 Å². The summed E-state index contributed by atoms with van der Waals surface area (Å²) in [4.78, 5) is 21.5. The van der Waals surface area contributed by atoms with Crippen LogP contribution in [0.5, 0.6) is 0 Å². The number of thiazole rings is 1. The molecule has 1 amide bonds. The highest BCUT2D eigenvalue weighted by molar-refractivity contribution is 7.15. The number of nitrogens with one attached hydrogen (secondary N) is 1. The molecule has 0 bridgehead atoms. The monoisotopic (exact) mass is 248 g/mol. The molecule has 0 spiro atoms. The van der Waals surface area contributed by atoms with Crippen LogP contribution in [-0.4, -0.2) is 18.0 Å². The molecule has 0 aliphatic carbocycles. The minimum absolute atomic E-state index is 0.323. The van der Waals surface area contributed by atoms with E-state index in [2.05, 4.69) is 15.3 Å². The van der Waals surface area contributed by atoms with Crippen LogP contribution in [0.4, 0.5) is 0 Å². The largest absolute Gasteiger partial charge is 0.294 e. The molecular weight excluding hydrogens is 236 g/mol. The van der Waals surface area contributed by atoms with Crippen LogP contribution in [0.2, 0.25) is 0 Å². The van der Waals surface area contributed by atoms with E-state index in [1.165, 1.54) is 18.4 Å². The van der Waals surface area contributed by atoms with Crippen molar-refractivity contribution in [3.05, 3.63) is 41.0 Å². The van der Waals surface area contributed by atoms with Crippen molar-refractivity contribution in [3.8, 4) is 10.4 Å². The number of aromatic nitrogens is 1. The molecule has 0 atom stereocenters. The van der Waals surface area contributed by atoms with Crippen molar-refractivity contribution >= 4 is 17.2 Å². The number of benzene rings is 1. The number of carbonyl (C=O) groups is 1. The van der Waals surface area contributed by atoms with E-state index in [1.807, 2.05) is 37.3 Å². The first kappa shape index (κ1) is 11.8. The lowest BCUT2D eigenvalue weighted by molar-refractivity contribution is 0.0533. The number of nitrogens with zero attached hydrogens (tertiary/aromatic N) is 1. The Hall–Kier alpha value is -1.72. The number of hydrogen-bond acceptors (Lipinski definition) is 4. The number of rotatable bonds is 3. The fourth-order valence-corrected chi connectivity index (χ4v) is 2.43. The second-order valence-corrected chi connectivity index (χ2v) is 4.62. The third kappa shape index (κ3) is 2.51. The Morgan fingerprint density at radius 3 is 2.71 bits per heavy atom. The molecule has 1 N–H and O–H groups in total. The predicted octanol–water partition coefficient (Wildman–Crippen LogP) is 2.41. The summed E-state index contributed by atoms with van der Waals surface area (Å²) in [5.41, 5.74) is 3.68. The van der Waals surface area contributed by atoms with Gasteiger partial charge in [0.25, 0.3) is 5.91 Å². The maximum Gasteiger partial charge on any atom is 0.294 e. The van der Waals surface area contributed by atoms with Crippen LogP contribution in [-0.2, 0) is 4.84 Å². The lowest BCUT2D eigenvalue weighted by atomic mass is 10.1. The second kappa shape index (κ2) is 5.07. The molecule has 0 aliphatic heterocycles. The Bertz CT molecular complexity index is 523. The van der Waals surface area contributed by atoms with Crippen LogP contribution < -0.4 is 5.48 Å². The summed E-state index contributed by atoms with van der Waals surface area (Å²) in [7, 11) is 1.40. The van der Waals surface area contributed by atoms with Crippen molar-refractivity contribution in [1.82, 2.24) is 10.5 Å². The van der Waals surface area contributed by atoms with E-state index in [4.69, 9.17) is 0 Å². The van der Waals surface area contributed by atoms with Crippen LogP contribution in [0.25, 0.3) is 10.4 Å². The SMILES string of the molecule is CONC(=O)c1nc(C)sc1-c1ccccc1. The normalized spacial score (nSPS) is 10.2. The fourth-order valence-electron chi connectivity index (χ4n) is 1.51. The van der Waals surface area contributed by atoms with Crippen LogP contribution in [0.15, 0.2) is 30.3 Å². The molecule has 1 aromatic carbocycles. The van der Waals surface area contributed by atoms with Gasteiger partial charge in [-0.2, -0.15) is 0 Å². The van der Waals surface area contributed by atoms with E-state index in [-0.39, 0.29) is 5.91 Å². The van der Waals surface area contributed by atoms with Gasteiger partial charge in [-0.15, -0.1) is 11.3 Å². The molecule has 0 radical (unpaired) electrons. The fraction of sp³-hybridized carbons (Fsp3) is 0.167. The van der Waals surface area contributed by atoms with Crippen molar-refractivity contribution in [2.45, 2.75) is 6.92 Å². The van der Waals surface area contributed by atoms with Crippen molar-refractivity contribution in [2.75, 3.05) is 7.11 Å². The van der Waals surface area contributed by atoms with E-state index >= 15 is 0 Å². The van der Waals surface area contributed by atoms with E-state index in [9.17, 15) is 4.79 Å². The minimum Gasteiger partial charge on any atom is -0.277 e. The average Bonchev–Trinajstić information content (AvgIpc) is 2.73. The molecule has 0 saturated carbocycles. The van der Waals surface area contributed by atoms with Crippen molar-refractivity contribution in [1.29, 1.82) is 0 Å². The van der Waals surface area contributed by atoms with E-state index in [0.717, 1.165) is 15.4 Å².